The molecule has 0 spiro atoms. The lowest BCUT2D eigenvalue weighted by Gasteiger charge is -2.08. The van der Waals surface area contributed by atoms with Crippen molar-refractivity contribution in [3.63, 3.8) is 0 Å². The summed E-state index contributed by atoms with van der Waals surface area (Å²) in [5, 5.41) is 3.07. The molecule has 0 saturated heterocycles. The van der Waals surface area contributed by atoms with Crippen molar-refractivity contribution in [1.29, 1.82) is 0 Å². The molecule has 0 radical (unpaired) electrons. The third kappa shape index (κ3) is 3.20. The molecular weight excluding hydrogens is 188 g/mol. The van der Waals surface area contributed by atoms with Crippen molar-refractivity contribution in [2.75, 3.05) is 19.0 Å². The van der Waals surface area contributed by atoms with E-state index in [0.717, 1.165) is 23.9 Å². The number of ether oxygens (including phenoxy) is 1. The monoisotopic (exact) mass is 206 g/mol. The van der Waals surface area contributed by atoms with Crippen molar-refractivity contribution < 1.29 is 4.74 Å². The summed E-state index contributed by atoms with van der Waals surface area (Å²) in [6, 6.07) is 4.00. The Morgan fingerprint density at radius 3 is 3.13 bits per heavy atom. The summed E-state index contributed by atoms with van der Waals surface area (Å²) in [7, 11) is 1.88. The Balaban J connectivity index is 1.75. The molecule has 0 aliphatic heterocycles. The number of pyridine rings is 1. The highest BCUT2D eigenvalue weighted by Gasteiger charge is 2.20. The highest BCUT2D eigenvalue weighted by molar-refractivity contribution is 5.42. The molecule has 1 aliphatic rings. The molecule has 1 N–H and O–H groups in total. The zero-order valence-electron chi connectivity index (χ0n) is 9.20. The smallest absolute Gasteiger partial charge is 0.131 e. The van der Waals surface area contributed by atoms with Gasteiger partial charge in [-0.2, -0.15) is 0 Å². The largest absolute Gasteiger partial charge is 0.377 e. The predicted molar refractivity (Wildman–Crippen MR) is 60.8 cm³/mol. The molecule has 0 amide bonds. The molecule has 1 aromatic rings. The van der Waals surface area contributed by atoms with Crippen LogP contribution in [-0.4, -0.2) is 18.6 Å². The van der Waals surface area contributed by atoms with Crippen molar-refractivity contribution in [3.8, 4) is 0 Å². The van der Waals surface area contributed by atoms with Crippen LogP contribution in [0.15, 0.2) is 18.3 Å². The van der Waals surface area contributed by atoms with Gasteiger partial charge in [0.1, 0.15) is 5.82 Å². The zero-order chi connectivity index (χ0) is 10.5. The first kappa shape index (κ1) is 10.4. The predicted octanol–water partition coefficient (Wildman–Crippen LogP) is 2.44. The minimum Gasteiger partial charge on any atom is -0.377 e. The van der Waals surface area contributed by atoms with Gasteiger partial charge in [-0.15, -0.1) is 0 Å². The van der Waals surface area contributed by atoms with E-state index < -0.39 is 0 Å². The Morgan fingerprint density at radius 1 is 1.53 bits per heavy atom. The van der Waals surface area contributed by atoms with E-state index in [2.05, 4.69) is 16.4 Å². The second-order valence-electron chi connectivity index (χ2n) is 4.05. The molecule has 82 valence electrons. The summed E-state index contributed by atoms with van der Waals surface area (Å²) in [4.78, 5) is 4.23. The second kappa shape index (κ2) is 5.12. The van der Waals surface area contributed by atoms with Crippen LogP contribution in [0, 0.1) is 5.92 Å². The summed E-state index contributed by atoms with van der Waals surface area (Å²) < 4.78 is 5.63. The second-order valence-corrected chi connectivity index (χ2v) is 4.05. The van der Waals surface area contributed by atoms with Gasteiger partial charge in [0.25, 0.3) is 0 Å². The third-order valence-corrected chi connectivity index (χ3v) is 2.75. The van der Waals surface area contributed by atoms with E-state index in [4.69, 9.17) is 4.74 Å². The Labute approximate surface area is 90.9 Å². The molecule has 3 heteroatoms. The maximum atomic E-state index is 5.63. The molecule has 2 rings (SSSR count). The Kier molecular flexibility index (Phi) is 3.56. The van der Waals surface area contributed by atoms with Gasteiger partial charge in [-0.05, 0) is 18.4 Å². The van der Waals surface area contributed by atoms with Gasteiger partial charge in [0, 0.05) is 25.4 Å². The van der Waals surface area contributed by atoms with Crippen LogP contribution in [0.3, 0.4) is 0 Å². The van der Waals surface area contributed by atoms with Crippen LogP contribution >= 0.6 is 0 Å². The van der Waals surface area contributed by atoms with Gasteiger partial charge in [0.05, 0.1) is 6.61 Å². The topological polar surface area (TPSA) is 34.2 Å². The first-order valence-corrected chi connectivity index (χ1v) is 5.59. The number of nitrogens with one attached hydrogen (secondary N) is 1. The summed E-state index contributed by atoms with van der Waals surface area (Å²) in [6.07, 6.45) is 5.81. The number of nitrogens with zero attached hydrogens (tertiary/aromatic N) is 1. The molecular formula is C12H18N2O. The molecule has 1 aromatic heterocycles. The number of anilines is 1. The average molecular weight is 206 g/mol. The summed E-state index contributed by atoms with van der Waals surface area (Å²) in [5.41, 5.74) is 1.13. The lowest BCUT2D eigenvalue weighted by Crippen LogP contribution is -2.01. The van der Waals surface area contributed by atoms with Crippen molar-refractivity contribution >= 4 is 5.82 Å². The molecule has 1 fully saturated rings. The van der Waals surface area contributed by atoms with Gasteiger partial charge >= 0.3 is 0 Å². The first-order valence-electron chi connectivity index (χ1n) is 5.59. The fourth-order valence-corrected chi connectivity index (χ4v) is 1.62. The van der Waals surface area contributed by atoms with Gasteiger partial charge in [-0.3, -0.25) is 0 Å². The van der Waals surface area contributed by atoms with Crippen molar-refractivity contribution in [3.05, 3.63) is 23.9 Å². The van der Waals surface area contributed by atoms with Crippen LogP contribution in [-0.2, 0) is 11.3 Å². The fraction of sp³-hybridized carbons (Fsp3) is 0.583. The molecule has 0 atom stereocenters. The van der Waals surface area contributed by atoms with Crippen molar-refractivity contribution in [2.45, 2.75) is 25.9 Å². The molecule has 0 aromatic carbocycles. The average Bonchev–Trinajstić information content (AvgIpc) is 3.09. The summed E-state index contributed by atoms with van der Waals surface area (Å²) in [6.45, 7) is 1.54. The number of hydrogen-bond acceptors (Lipinski definition) is 3. The van der Waals surface area contributed by atoms with Crippen LogP contribution < -0.4 is 5.32 Å². The van der Waals surface area contributed by atoms with Crippen LogP contribution in [0.25, 0.3) is 0 Å². The van der Waals surface area contributed by atoms with Crippen LogP contribution in [0.4, 0.5) is 5.82 Å². The molecule has 15 heavy (non-hydrogen) atoms. The van der Waals surface area contributed by atoms with Crippen molar-refractivity contribution in [1.82, 2.24) is 4.98 Å². The maximum Gasteiger partial charge on any atom is 0.131 e. The molecule has 1 aliphatic carbocycles. The standard InChI is InChI=1S/C12H18N2O/c1-13-12-11(3-2-7-14-12)9-15-8-6-10-4-5-10/h2-3,7,10H,4-6,8-9H2,1H3,(H,13,14). The fourth-order valence-electron chi connectivity index (χ4n) is 1.62. The van der Waals surface area contributed by atoms with E-state index in [9.17, 15) is 0 Å². The van der Waals surface area contributed by atoms with E-state index >= 15 is 0 Å². The van der Waals surface area contributed by atoms with Crippen molar-refractivity contribution in [2.24, 2.45) is 5.92 Å². The highest BCUT2D eigenvalue weighted by atomic mass is 16.5. The first-order chi connectivity index (χ1) is 7.40. The van der Waals surface area contributed by atoms with E-state index in [-0.39, 0.29) is 0 Å². The Bertz CT molecular complexity index is 310. The highest BCUT2D eigenvalue weighted by Crippen LogP contribution is 2.32. The van der Waals surface area contributed by atoms with Gasteiger partial charge in [0.15, 0.2) is 0 Å². The number of aromatic nitrogens is 1. The van der Waals surface area contributed by atoms with E-state index in [1.165, 1.54) is 19.3 Å². The SMILES string of the molecule is CNc1ncccc1COCCC1CC1. The van der Waals surface area contributed by atoms with Gasteiger partial charge in [-0.1, -0.05) is 18.9 Å². The van der Waals surface area contributed by atoms with Gasteiger partial charge in [-0.25, -0.2) is 4.98 Å². The summed E-state index contributed by atoms with van der Waals surface area (Å²) >= 11 is 0. The van der Waals surface area contributed by atoms with Gasteiger partial charge < -0.3 is 10.1 Å². The Morgan fingerprint density at radius 2 is 2.40 bits per heavy atom. The van der Waals surface area contributed by atoms with E-state index in [1.807, 2.05) is 13.1 Å². The molecule has 1 heterocycles. The molecule has 0 unspecified atom stereocenters. The normalized spacial score (nSPS) is 15.3. The molecule has 1 saturated carbocycles. The lowest BCUT2D eigenvalue weighted by atomic mass is 10.2. The number of hydrogen-bond donors (Lipinski definition) is 1. The maximum absolute atomic E-state index is 5.63. The summed E-state index contributed by atoms with van der Waals surface area (Å²) in [5.74, 6) is 1.87. The minimum atomic E-state index is 0.663. The third-order valence-electron chi connectivity index (χ3n) is 2.75. The molecule has 3 nitrogen and oxygen atoms in total. The number of rotatable bonds is 6. The quantitative estimate of drug-likeness (QED) is 0.726. The van der Waals surface area contributed by atoms with Crippen LogP contribution in [0.2, 0.25) is 0 Å². The van der Waals surface area contributed by atoms with Gasteiger partial charge in [0.2, 0.25) is 0 Å². The zero-order valence-corrected chi connectivity index (χ0v) is 9.20. The Hall–Kier alpha value is -1.09. The van der Waals surface area contributed by atoms with Crippen LogP contribution in [0.5, 0.6) is 0 Å². The van der Waals surface area contributed by atoms with E-state index in [0.29, 0.717) is 6.61 Å². The lowest BCUT2D eigenvalue weighted by molar-refractivity contribution is 0.115. The molecule has 0 bridgehead atoms. The van der Waals surface area contributed by atoms with Crippen LogP contribution in [0.1, 0.15) is 24.8 Å². The minimum absolute atomic E-state index is 0.663. The van der Waals surface area contributed by atoms with E-state index in [1.54, 1.807) is 6.20 Å².